The van der Waals surface area contributed by atoms with Gasteiger partial charge in [0.2, 0.25) is 0 Å². The van der Waals surface area contributed by atoms with E-state index < -0.39 is 21.7 Å². The van der Waals surface area contributed by atoms with Crippen LogP contribution in [0.3, 0.4) is 0 Å². The van der Waals surface area contributed by atoms with Crippen molar-refractivity contribution in [3.8, 4) is 0 Å². The van der Waals surface area contributed by atoms with Crippen LogP contribution in [-0.4, -0.2) is 13.5 Å². The normalized spacial score (nSPS) is 11.4. The fraction of sp³-hybridized carbons (Fsp3) is 0.143. The lowest BCUT2D eigenvalue weighted by molar-refractivity contribution is 0.281. The summed E-state index contributed by atoms with van der Waals surface area (Å²) in [6.07, 6.45) is 0. The van der Waals surface area contributed by atoms with Gasteiger partial charge in [-0.05, 0) is 42.3 Å². The Bertz CT molecular complexity index is 776. The van der Waals surface area contributed by atoms with E-state index in [1.165, 1.54) is 12.1 Å². The van der Waals surface area contributed by atoms with E-state index in [0.717, 1.165) is 23.8 Å². The van der Waals surface area contributed by atoms with Gasteiger partial charge in [0.05, 0.1) is 17.2 Å². The van der Waals surface area contributed by atoms with E-state index in [9.17, 15) is 17.2 Å². The highest BCUT2D eigenvalue weighted by Crippen LogP contribution is 2.20. The molecular weight excluding hydrogens is 300 g/mol. The summed E-state index contributed by atoms with van der Waals surface area (Å²) in [7, 11) is -3.94. The predicted octanol–water partition coefficient (Wildman–Crippen LogP) is 2.57. The third-order valence-electron chi connectivity index (χ3n) is 2.97. The van der Waals surface area contributed by atoms with Gasteiger partial charge < -0.3 is 5.11 Å². The first kappa shape index (κ1) is 15.4. The number of benzene rings is 2. The SMILES string of the molecule is Cc1ccc(S(=O)(=O)Nc2ccc(F)c(F)c2)cc1CO. The van der Waals surface area contributed by atoms with Crippen LogP contribution >= 0.6 is 0 Å². The molecule has 0 atom stereocenters. The molecule has 0 amide bonds. The molecule has 0 aliphatic rings. The van der Waals surface area contributed by atoms with Gasteiger partial charge in [-0.15, -0.1) is 0 Å². The first-order chi connectivity index (χ1) is 9.83. The van der Waals surface area contributed by atoms with Crippen molar-refractivity contribution in [3.63, 3.8) is 0 Å². The summed E-state index contributed by atoms with van der Waals surface area (Å²) >= 11 is 0. The maximum Gasteiger partial charge on any atom is 0.261 e. The molecule has 2 N–H and O–H groups in total. The van der Waals surface area contributed by atoms with Gasteiger partial charge in [0.15, 0.2) is 11.6 Å². The Kier molecular flexibility index (Phi) is 4.24. The van der Waals surface area contributed by atoms with Gasteiger partial charge in [0.25, 0.3) is 10.0 Å². The average Bonchev–Trinajstić information content (AvgIpc) is 2.43. The summed E-state index contributed by atoms with van der Waals surface area (Å²) in [5.41, 5.74) is 1.15. The zero-order valence-corrected chi connectivity index (χ0v) is 11.9. The Hall–Kier alpha value is -1.99. The molecule has 0 aliphatic carbocycles. The van der Waals surface area contributed by atoms with Crippen molar-refractivity contribution < 1.29 is 22.3 Å². The molecule has 2 rings (SSSR count). The first-order valence-corrected chi connectivity index (χ1v) is 7.50. The van der Waals surface area contributed by atoms with E-state index in [-0.39, 0.29) is 17.2 Å². The maximum absolute atomic E-state index is 13.1. The number of hydrogen-bond donors (Lipinski definition) is 2. The number of anilines is 1. The molecule has 0 radical (unpaired) electrons. The van der Waals surface area contributed by atoms with E-state index in [2.05, 4.69) is 4.72 Å². The van der Waals surface area contributed by atoms with Gasteiger partial charge in [-0.2, -0.15) is 0 Å². The van der Waals surface area contributed by atoms with Crippen LogP contribution in [0.25, 0.3) is 0 Å². The summed E-state index contributed by atoms with van der Waals surface area (Å²) in [6.45, 7) is 1.45. The fourth-order valence-electron chi connectivity index (χ4n) is 1.76. The van der Waals surface area contributed by atoms with Crippen molar-refractivity contribution in [2.75, 3.05) is 4.72 Å². The second kappa shape index (κ2) is 5.79. The predicted molar refractivity (Wildman–Crippen MR) is 74.3 cm³/mol. The lowest BCUT2D eigenvalue weighted by Crippen LogP contribution is -2.13. The topological polar surface area (TPSA) is 66.4 Å². The van der Waals surface area contributed by atoms with Gasteiger partial charge in [-0.1, -0.05) is 6.07 Å². The summed E-state index contributed by atoms with van der Waals surface area (Å²) in [6, 6.07) is 6.98. The number of aliphatic hydroxyl groups is 1. The largest absolute Gasteiger partial charge is 0.392 e. The second-order valence-corrected chi connectivity index (χ2v) is 6.16. The van der Waals surface area contributed by atoms with E-state index in [1.807, 2.05) is 0 Å². The van der Waals surface area contributed by atoms with Crippen LogP contribution in [0.5, 0.6) is 0 Å². The quantitative estimate of drug-likeness (QED) is 0.911. The number of aliphatic hydroxyl groups excluding tert-OH is 1. The van der Waals surface area contributed by atoms with Gasteiger partial charge in [-0.3, -0.25) is 4.72 Å². The standard InChI is InChI=1S/C14H13F2NO3S/c1-9-2-4-12(6-10(9)8-18)21(19,20)17-11-3-5-13(15)14(16)7-11/h2-7,17-18H,8H2,1H3. The Labute approximate surface area is 121 Å². The van der Waals surface area contributed by atoms with Gasteiger partial charge in [-0.25, -0.2) is 17.2 Å². The van der Waals surface area contributed by atoms with E-state index >= 15 is 0 Å². The smallest absolute Gasteiger partial charge is 0.261 e. The van der Waals surface area contributed by atoms with Crippen molar-refractivity contribution in [1.29, 1.82) is 0 Å². The highest BCUT2D eigenvalue weighted by molar-refractivity contribution is 7.92. The maximum atomic E-state index is 13.1. The van der Waals surface area contributed by atoms with Crippen molar-refractivity contribution in [1.82, 2.24) is 0 Å². The first-order valence-electron chi connectivity index (χ1n) is 6.02. The van der Waals surface area contributed by atoms with Crippen LogP contribution in [0.1, 0.15) is 11.1 Å². The van der Waals surface area contributed by atoms with E-state index in [4.69, 9.17) is 5.11 Å². The molecule has 0 aliphatic heterocycles. The summed E-state index contributed by atoms with van der Waals surface area (Å²) in [5, 5.41) is 9.16. The molecule has 2 aromatic rings. The highest BCUT2D eigenvalue weighted by Gasteiger charge is 2.16. The van der Waals surface area contributed by atoms with Gasteiger partial charge in [0, 0.05) is 6.07 Å². The zero-order valence-electron chi connectivity index (χ0n) is 11.1. The van der Waals surface area contributed by atoms with Crippen LogP contribution in [0.2, 0.25) is 0 Å². The molecule has 7 heteroatoms. The van der Waals surface area contributed by atoms with E-state index in [1.54, 1.807) is 13.0 Å². The molecule has 21 heavy (non-hydrogen) atoms. The number of nitrogens with one attached hydrogen (secondary N) is 1. The third kappa shape index (κ3) is 3.37. The van der Waals surface area contributed by atoms with Crippen molar-refractivity contribution in [3.05, 3.63) is 59.2 Å². The van der Waals surface area contributed by atoms with Crippen LogP contribution in [-0.2, 0) is 16.6 Å². The number of sulfonamides is 1. The Morgan fingerprint density at radius 2 is 1.81 bits per heavy atom. The molecule has 0 fully saturated rings. The third-order valence-corrected chi connectivity index (χ3v) is 4.35. The number of rotatable bonds is 4. The summed E-state index contributed by atoms with van der Waals surface area (Å²) in [5.74, 6) is -2.20. The van der Waals surface area contributed by atoms with Crippen molar-refractivity contribution in [2.45, 2.75) is 18.4 Å². The molecule has 4 nitrogen and oxygen atoms in total. The minimum Gasteiger partial charge on any atom is -0.392 e. The lowest BCUT2D eigenvalue weighted by atomic mass is 10.1. The molecule has 0 spiro atoms. The molecule has 0 saturated carbocycles. The van der Waals surface area contributed by atoms with Crippen LogP contribution in [0.15, 0.2) is 41.3 Å². The molecule has 0 heterocycles. The second-order valence-electron chi connectivity index (χ2n) is 4.48. The zero-order chi connectivity index (χ0) is 15.6. The van der Waals surface area contributed by atoms with Crippen molar-refractivity contribution in [2.24, 2.45) is 0 Å². The van der Waals surface area contributed by atoms with Gasteiger partial charge in [0.1, 0.15) is 0 Å². The summed E-state index contributed by atoms with van der Waals surface area (Å²) < 4.78 is 52.4. The fourth-order valence-corrected chi connectivity index (χ4v) is 2.86. The molecule has 112 valence electrons. The Morgan fingerprint density at radius 1 is 1.10 bits per heavy atom. The van der Waals surface area contributed by atoms with Gasteiger partial charge >= 0.3 is 0 Å². The monoisotopic (exact) mass is 313 g/mol. The number of aryl methyl sites for hydroxylation is 1. The van der Waals surface area contributed by atoms with Crippen LogP contribution in [0.4, 0.5) is 14.5 Å². The Morgan fingerprint density at radius 3 is 2.43 bits per heavy atom. The van der Waals surface area contributed by atoms with Crippen LogP contribution < -0.4 is 4.72 Å². The van der Waals surface area contributed by atoms with E-state index in [0.29, 0.717) is 5.56 Å². The molecular formula is C14H13F2NO3S. The lowest BCUT2D eigenvalue weighted by Gasteiger charge is -2.10. The Balaban J connectivity index is 2.35. The number of halogens is 2. The molecule has 0 aromatic heterocycles. The molecule has 0 saturated heterocycles. The molecule has 0 bridgehead atoms. The minimum absolute atomic E-state index is 0.0677. The molecule has 2 aromatic carbocycles. The number of hydrogen-bond acceptors (Lipinski definition) is 3. The highest BCUT2D eigenvalue weighted by atomic mass is 32.2. The summed E-state index contributed by atoms with van der Waals surface area (Å²) in [4.78, 5) is -0.0677. The minimum atomic E-state index is -3.94. The van der Waals surface area contributed by atoms with Crippen LogP contribution in [0, 0.1) is 18.6 Å². The average molecular weight is 313 g/mol. The molecule has 0 unspecified atom stereocenters. The van der Waals surface area contributed by atoms with Crippen molar-refractivity contribution >= 4 is 15.7 Å².